The Balaban J connectivity index is 2.53. The third-order valence-corrected chi connectivity index (χ3v) is 2.56. The van der Waals surface area contributed by atoms with E-state index < -0.39 is 0 Å². The summed E-state index contributed by atoms with van der Waals surface area (Å²) < 4.78 is 0. The Labute approximate surface area is 68.6 Å². The highest BCUT2D eigenvalue weighted by Crippen LogP contribution is 2.25. The molecule has 0 aromatic carbocycles. The number of nitrogens with zero attached hydrogens (tertiary/aromatic N) is 1. The van der Waals surface area contributed by atoms with Gasteiger partial charge in [-0.15, -0.1) is 0 Å². The highest BCUT2D eigenvalue weighted by Gasteiger charge is 2.26. The van der Waals surface area contributed by atoms with Gasteiger partial charge in [0.1, 0.15) is 0 Å². The second-order valence-corrected chi connectivity index (χ2v) is 3.64. The topological polar surface area (TPSA) is 35.8 Å². The lowest BCUT2D eigenvalue weighted by molar-refractivity contribution is 0.237. The molecule has 1 saturated heterocycles. The molecule has 0 aliphatic carbocycles. The molecular formula is C9H16N2. The van der Waals surface area contributed by atoms with Gasteiger partial charge in [-0.1, -0.05) is 13.8 Å². The van der Waals surface area contributed by atoms with Gasteiger partial charge in [0.2, 0.25) is 0 Å². The van der Waals surface area contributed by atoms with Crippen molar-refractivity contribution in [1.82, 2.24) is 5.32 Å². The molecule has 2 atom stereocenters. The molecule has 0 spiro atoms. The molecule has 1 N–H and O–H groups in total. The summed E-state index contributed by atoms with van der Waals surface area (Å²) >= 11 is 0. The van der Waals surface area contributed by atoms with Crippen LogP contribution in [0.5, 0.6) is 0 Å². The monoisotopic (exact) mass is 152 g/mol. The van der Waals surface area contributed by atoms with Crippen molar-refractivity contribution in [3.63, 3.8) is 0 Å². The van der Waals surface area contributed by atoms with E-state index in [1.165, 1.54) is 0 Å². The first-order valence-corrected chi connectivity index (χ1v) is 4.36. The Hall–Kier alpha value is -0.550. The van der Waals surface area contributed by atoms with E-state index in [4.69, 9.17) is 5.26 Å². The lowest BCUT2D eigenvalue weighted by Gasteiger charge is -2.30. The van der Waals surface area contributed by atoms with Crippen molar-refractivity contribution in [2.75, 3.05) is 13.1 Å². The smallest absolute Gasteiger partial charge is 0.0672 e. The van der Waals surface area contributed by atoms with Gasteiger partial charge in [0.25, 0.3) is 0 Å². The van der Waals surface area contributed by atoms with E-state index >= 15 is 0 Å². The molecule has 2 nitrogen and oxygen atoms in total. The molecule has 11 heavy (non-hydrogen) atoms. The first-order valence-electron chi connectivity index (χ1n) is 4.36. The zero-order valence-corrected chi connectivity index (χ0v) is 7.30. The highest BCUT2D eigenvalue weighted by atomic mass is 14.9. The molecule has 1 aliphatic rings. The SMILES string of the molecule is CC(C)C1CCNCC1C#N. The van der Waals surface area contributed by atoms with E-state index in [-0.39, 0.29) is 5.92 Å². The summed E-state index contributed by atoms with van der Waals surface area (Å²) in [4.78, 5) is 0. The number of rotatable bonds is 1. The van der Waals surface area contributed by atoms with E-state index in [0.29, 0.717) is 11.8 Å². The van der Waals surface area contributed by atoms with E-state index in [2.05, 4.69) is 25.2 Å². The summed E-state index contributed by atoms with van der Waals surface area (Å²) in [6, 6.07) is 2.37. The van der Waals surface area contributed by atoms with Gasteiger partial charge in [-0.3, -0.25) is 0 Å². The van der Waals surface area contributed by atoms with Gasteiger partial charge < -0.3 is 5.32 Å². The average molecular weight is 152 g/mol. The predicted octanol–water partition coefficient (Wildman–Crippen LogP) is 1.39. The molecule has 2 unspecified atom stereocenters. The Kier molecular flexibility index (Phi) is 2.90. The van der Waals surface area contributed by atoms with Gasteiger partial charge in [0.15, 0.2) is 0 Å². The number of nitriles is 1. The minimum absolute atomic E-state index is 0.240. The molecule has 0 radical (unpaired) electrons. The summed E-state index contributed by atoms with van der Waals surface area (Å²) in [5.41, 5.74) is 0. The van der Waals surface area contributed by atoms with Gasteiger partial charge in [-0.25, -0.2) is 0 Å². The maximum atomic E-state index is 8.82. The zero-order chi connectivity index (χ0) is 8.27. The number of hydrogen-bond acceptors (Lipinski definition) is 2. The van der Waals surface area contributed by atoms with Crippen LogP contribution in [0.15, 0.2) is 0 Å². The Morgan fingerprint density at radius 2 is 2.27 bits per heavy atom. The molecule has 0 saturated carbocycles. The molecular weight excluding hydrogens is 136 g/mol. The van der Waals surface area contributed by atoms with E-state index in [1.54, 1.807) is 0 Å². The fraction of sp³-hybridized carbons (Fsp3) is 0.889. The van der Waals surface area contributed by atoms with Crippen molar-refractivity contribution in [2.45, 2.75) is 20.3 Å². The molecule has 0 bridgehead atoms. The third kappa shape index (κ3) is 1.94. The molecule has 2 heteroatoms. The van der Waals surface area contributed by atoms with Crippen LogP contribution in [0.3, 0.4) is 0 Å². The van der Waals surface area contributed by atoms with Crippen LogP contribution in [-0.4, -0.2) is 13.1 Å². The fourth-order valence-electron chi connectivity index (χ4n) is 1.82. The van der Waals surface area contributed by atoms with Crippen molar-refractivity contribution in [2.24, 2.45) is 17.8 Å². The van der Waals surface area contributed by atoms with Crippen molar-refractivity contribution in [1.29, 1.82) is 5.26 Å². The Bertz CT molecular complexity index is 157. The van der Waals surface area contributed by atoms with Crippen LogP contribution in [0.1, 0.15) is 20.3 Å². The minimum atomic E-state index is 0.240. The van der Waals surface area contributed by atoms with Crippen LogP contribution in [0.2, 0.25) is 0 Å². The molecule has 0 aromatic heterocycles. The number of hydrogen-bond donors (Lipinski definition) is 1. The predicted molar refractivity (Wildman–Crippen MR) is 44.9 cm³/mol. The van der Waals surface area contributed by atoms with Gasteiger partial charge in [0.05, 0.1) is 12.0 Å². The molecule has 1 fully saturated rings. The van der Waals surface area contributed by atoms with Crippen molar-refractivity contribution in [3.05, 3.63) is 0 Å². The van der Waals surface area contributed by atoms with Gasteiger partial charge in [0, 0.05) is 6.54 Å². The molecule has 1 aliphatic heterocycles. The first kappa shape index (κ1) is 8.55. The van der Waals surface area contributed by atoms with Crippen LogP contribution in [0.4, 0.5) is 0 Å². The van der Waals surface area contributed by atoms with Crippen molar-refractivity contribution < 1.29 is 0 Å². The maximum absolute atomic E-state index is 8.82. The second kappa shape index (κ2) is 3.73. The lowest BCUT2D eigenvalue weighted by Crippen LogP contribution is -2.37. The molecule has 0 aromatic rings. The molecule has 0 amide bonds. The van der Waals surface area contributed by atoms with Crippen LogP contribution in [-0.2, 0) is 0 Å². The second-order valence-electron chi connectivity index (χ2n) is 3.64. The highest BCUT2D eigenvalue weighted by molar-refractivity contribution is 4.93. The molecule has 62 valence electrons. The standard InChI is InChI=1S/C9H16N2/c1-7(2)9-3-4-11-6-8(9)5-10/h7-9,11H,3-4,6H2,1-2H3. The van der Waals surface area contributed by atoms with Gasteiger partial charge in [-0.2, -0.15) is 5.26 Å². The van der Waals surface area contributed by atoms with E-state index in [0.717, 1.165) is 19.5 Å². The van der Waals surface area contributed by atoms with Crippen LogP contribution in [0.25, 0.3) is 0 Å². The van der Waals surface area contributed by atoms with Crippen molar-refractivity contribution in [3.8, 4) is 6.07 Å². The molecule has 1 rings (SSSR count). The molecule has 1 heterocycles. The summed E-state index contributed by atoms with van der Waals surface area (Å²) in [6.45, 7) is 6.39. The fourth-order valence-corrected chi connectivity index (χ4v) is 1.82. The first-order chi connectivity index (χ1) is 5.25. The Morgan fingerprint density at radius 3 is 2.73 bits per heavy atom. The third-order valence-electron chi connectivity index (χ3n) is 2.56. The van der Waals surface area contributed by atoms with Crippen LogP contribution >= 0.6 is 0 Å². The quantitative estimate of drug-likeness (QED) is 0.616. The summed E-state index contributed by atoms with van der Waals surface area (Å²) in [6.07, 6.45) is 1.16. The van der Waals surface area contributed by atoms with Gasteiger partial charge in [-0.05, 0) is 24.8 Å². The summed E-state index contributed by atoms with van der Waals surface area (Å²) in [5.74, 6) is 1.51. The normalized spacial score (nSPS) is 31.8. The number of piperidine rings is 1. The largest absolute Gasteiger partial charge is 0.315 e. The van der Waals surface area contributed by atoms with Gasteiger partial charge >= 0.3 is 0 Å². The maximum Gasteiger partial charge on any atom is 0.0672 e. The van der Waals surface area contributed by atoms with Crippen molar-refractivity contribution >= 4 is 0 Å². The van der Waals surface area contributed by atoms with Crippen LogP contribution in [0, 0.1) is 29.1 Å². The lowest BCUT2D eigenvalue weighted by atomic mass is 9.80. The average Bonchev–Trinajstić information content (AvgIpc) is 2.04. The summed E-state index contributed by atoms with van der Waals surface area (Å²) in [5, 5.41) is 12.1. The van der Waals surface area contributed by atoms with E-state index in [9.17, 15) is 0 Å². The number of nitrogens with one attached hydrogen (secondary N) is 1. The zero-order valence-electron chi connectivity index (χ0n) is 7.30. The van der Waals surface area contributed by atoms with Crippen LogP contribution < -0.4 is 5.32 Å². The Morgan fingerprint density at radius 1 is 1.55 bits per heavy atom. The van der Waals surface area contributed by atoms with E-state index in [1.807, 2.05) is 0 Å². The summed E-state index contributed by atoms with van der Waals surface area (Å²) in [7, 11) is 0. The minimum Gasteiger partial charge on any atom is -0.315 e.